The van der Waals surface area contributed by atoms with Crippen molar-refractivity contribution >= 4 is 17.4 Å². The third-order valence-electron chi connectivity index (χ3n) is 3.77. The summed E-state index contributed by atoms with van der Waals surface area (Å²) in [5.41, 5.74) is 0.957. The molecule has 7 heteroatoms. The van der Waals surface area contributed by atoms with Crippen LogP contribution in [0.15, 0.2) is 38.8 Å². The molecule has 0 unspecified atom stereocenters. The molecule has 1 aromatic heterocycles. The summed E-state index contributed by atoms with van der Waals surface area (Å²) in [7, 11) is 1.55. The lowest BCUT2D eigenvalue weighted by Crippen LogP contribution is -2.20. The first-order valence-electron chi connectivity index (χ1n) is 8.72. The van der Waals surface area contributed by atoms with Crippen molar-refractivity contribution < 1.29 is 9.26 Å². The summed E-state index contributed by atoms with van der Waals surface area (Å²) < 4.78 is 13.1. The van der Waals surface area contributed by atoms with E-state index in [0.717, 1.165) is 5.76 Å². The van der Waals surface area contributed by atoms with Gasteiger partial charge in [0.25, 0.3) is 0 Å². The maximum atomic E-state index is 9.16. The van der Waals surface area contributed by atoms with Crippen LogP contribution in [0.25, 0.3) is 0 Å². The number of amidine groups is 1. The van der Waals surface area contributed by atoms with Gasteiger partial charge in [-0.3, -0.25) is 0 Å². The fourth-order valence-corrected chi connectivity index (χ4v) is 2.61. The lowest BCUT2D eigenvalue weighted by molar-refractivity contribution is 0.199. The predicted molar refractivity (Wildman–Crippen MR) is 106 cm³/mol. The van der Waals surface area contributed by atoms with E-state index >= 15 is 0 Å². The number of hydrogen-bond acceptors (Lipinski definition) is 4. The first kappa shape index (κ1) is 20.8. The van der Waals surface area contributed by atoms with Crippen molar-refractivity contribution in [1.29, 1.82) is 5.26 Å². The summed E-state index contributed by atoms with van der Waals surface area (Å²) in [6.07, 6.45) is 1.81. The zero-order valence-corrected chi connectivity index (χ0v) is 17.3. The van der Waals surface area contributed by atoms with Crippen LogP contribution in [-0.2, 0) is 12.0 Å². The molecule has 0 spiro atoms. The van der Waals surface area contributed by atoms with Crippen molar-refractivity contribution in [3.05, 3.63) is 46.1 Å². The second kappa shape index (κ2) is 8.45. The van der Waals surface area contributed by atoms with E-state index in [-0.39, 0.29) is 11.3 Å². The summed E-state index contributed by atoms with van der Waals surface area (Å²) >= 11 is 6.13. The normalized spacial score (nSPS) is 13.1. The van der Waals surface area contributed by atoms with E-state index in [1.807, 2.05) is 12.3 Å². The number of ether oxygens (including phenoxy) is 1. The van der Waals surface area contributed by atoms with Gasteiger partial charge < -0.3 is 9.26 Å². The van der Waals surface area contributed by atoms with Crippen LogP contribution in [0.5, 0.6) is 5.75 Å². The van der Waals surface area contributed by atoms with Crippen LogP contribution >= 0.6 is 11.6 Å². The molecule has 0 aliphatic carbocycles. The molecule has 0 fully saturated rings. The summed E-state index contributed by atoms with van der Waals surface area (Å²) in [6.45, 7) is 11.1. The number of nitriles is 1. The highest BCUT2D eigenvalue weighted by molar-refractivity contribution is 6.31. The van der Waals surface area contributed by atoms with Crippen LogP contribution < -0.4 is 10.2 Å². The van der Waals surface area contributed by atoms with Gasteiger partial charge in [0, 0.05) is 16.5 Å². The average Bonchev–Trinajstić information content (AvgIpc) is 2.96. The summed E-state index contributed by atoms with van der Waals surface area (Å²) in [4.78, 5) is 8.51. The van der Waals surface area contributed by atoms with E-state index in [4.69, 9.17) is 26.1 Å². The van der Waals surface area contributed by atoms with Crippen LogP contribution in [-0.4, -0.2) is 17.7 Å². The summed E-state index contributed by atoms with van der Waals surface area (Å²) in [5, 5.41) is 9.66. The van der Waals surface area contributed by atoms with Gasteiger partial charge >= 0.3 is 0 Å². The maximum Gasteiger partial charge on any atom is 0.207 e. The highest BCUT2D eigenvalue weighted by Crippen LogP contribution is 2.24. The zero-order chi connectivity index (χ0) is 20.2. The van der Waals surface area contributed by atoms with Gasteiger partial charge in [-0.2, -0.15) is 15.0 Å². The highest BCUT2D eigenvalue weighted by atomic mass is 35.5. The molecule has 27 heavy (non-hydrogen) atoms. The molecule has 0 N–H and O–H groups in total. The van der Waals surface area contributed by atoms with E-state index in [2.05, 4.69) is 44.6 Å². The lowest BCUT2D eigenvalue weighted by Gasteiger charge is -2.13. The number of benzene rings is 1. The first-order valence-corrected chi connectivity index (χ1v) is 9.10. The highest BCUT2D eigenvalue weighted by Gasteiger charge is 2.21. The molecule has 144 valence electrons. The third-order valence-corrected chi connectivity index (χ3v) is 4.01. The minimum absolute atomic E-state index is 0.174. The Kier molecular flexibility index (Phi) is 6.50. The van der Waals surface area contributed by atoms with Crippen LogP contribution in [0.1, 0.15) is 45.9 Å². The molecule has 0 aliphatic heterocycles. The molecular formula is C20H25ClN4O2. The fourth-order valence-electron chi connectivity index (χ4n) is 2.44. The first-order chi connectivity index (χ1) is 12.7. The molecule has 0 amide bonds. The average molecular weight is 389 g/mol. The Hall–Kier alpha value is -2.52. The summed E-state index contributed by atoms with van der Waals surface area (Å²) in [6, 6.07) is 6.99. The molecule has 0 saturated heterocycles. The number of hydrogen-bond donors (Lipinski definition) is 0. The topological polar surface area (TPSA) is 75.8 Å². The van der Waals surface area contributed by atoms with Crippen molar-refractivity contribution in [2.45, 2.75) is 46.6 Å². The molecule has 2 aromatic rings. The number of methoxy groups -OCH3 is 1. The molecule has 0 saturated carbocycles. The molecule has 0 radical (unpaired) electrons. The molecule has 1 heterocycles. The predicted octanol–water partition coefficient (Wildman–Crippen LogP) is 4.53. The minimum atomic E-state index is -0.174. The smallest absolute Gasteiger partial charge is 0.207 e. The van der Waals surface area contributed by atoms with Crippen LogP contribution in [0.4, 0.5) is 0 Å². The van der Waals surface area contributed by atoms with E-state index in [1.54, 1.807) is 30.0 Å². The van der Waals surface area contributed by atoms with Crippen molar-refractivity contribution in [3.8, 4) is 11.9 Å². The van der Waals surface area contributed by atoms with Gasteiger partial charge in [-0.05, 0) is 24.1 Å². The van der Waals surface area contributed by atoms with Gasteiger partial charge in [0.2, 0.25) is 6.19 Å². The number of aliphatic imine (C=N–C) groups is 1. The Morgan fingerprint density at radius 3 is 2.59 bits per heavy atom. The van der Waals surface area contributed by atoms with Gasteiger partial charge in [0.1, 0.15) is 11.5 Å². The molecule has 2 rings (SSSR count). The van der Waals surface area contributed by atoms with E-state index in [0.29, 0.717) is 34.3 Å². The second-order valence-corrected chi connectivity index (χ2v) is 8.09. The number of halogens is 1. The molecule has 0 atom stereocenters. The Morgan fingerprint density at radius 2 is 2.04 bits per heavy atom. The Balaban J connectivity index is 2.69. The Bertz CT molecular complexity index is 940. The van der Waals surface area contributed by atoms with Crippen molar-refractivity contribution in [2.24, 2.45) is 15.9 Å². The molecule has 1 aromatic carbocycles. The fraction of sp³-hybridized carbons (Fsp3) is 0.450. The molecular weight excluding hydrogens is 364 g/mol. The van der Waals surface area contributed by atoms with Gasteiger partial charge in [-0.25, -0.2) is 4.99 Å². The van der Waals surface area contributed by atoms with Crippen LogP contribution in [0.3, 0.4) is 0 Å². The van der Waals surface area contributed by atoms with Crippen molar-refractivity contribution in [3.63, 3.8) is 0 Å². The van der Waals surface area contributed by atoms with Gasteiger partial charge in [-0.1, -0.05) is 46.2 Å². The third kappa shape index (κ3) is 5.24. The van der Waals surface area contributed by atoms with Crippen molar-refractivity contribution in [2.75, 3.05) is 7.11 Å². The Morgan fingerprint density at radius 1 is 1.33 bits per heavy atom. The molecule has 6 nitrogen and oxygen atoms in total. The number of rotatable bonds is 4. The lowest BCUT2D eigenvalue weighted by atomic mass is 9.94. The standard InChI is InChI=1S/C20H25ClN4O2/c1-13(2)11-25-18(10-17(27-25)20(3,4)5)24-19(23-12-22)15-9-14(21)7-8-16(15)26-6/h7-10,13H,11H2,1-6H3/b23-19+,24-18+. The number of aromatic nitrogens is 1. The minimum Gasteiger partial charge on any atom is -0.496 e. The van der Waals surface area contributed by atoms with Crippen molar-refractivity contribution in [1.82, 2.24) is 4.74 Å². The monoisotopic (exact) mass is 388 g/mol. The molecule has 0 bridgehead atoms. The van der Waals surface area contributed by atoms with E-state index < -0.39 is 0 Å². The van der Waals surface area contributed by atoms with Gasteiger partial charge in [0.15, 0.2) is 11.3 Å². The van der Waals surface area contributed by atoms with Gasteiger partial charge in [-0.15, -0.1) is 0 Å². The SMILES string of the molecule is COc1ccc(Cl)cc1C(=N\C#N)/N=c1\cc(C(C)(C)C)on1CC(C)C. The number of nitrogens with zero attached hydrogens (tertiary/aromatic N) is 4. The molecule has 0 aliphatic rings. The quantitative estimate of drug-likeness (QED) is 0.438. The van der Waals surface area contributed by atoms with Crippen LogP contribution in [0, 0.1) is 17.4 Å². The largest absolute Gasteiger partial charge is 0.496 e. The van der Waals surface area contributed by atoms with E-state index in [9.17, 15) is 0 Å². The van der Waals surface area contributed by atoms with Crippen LogP contribution in [0.2, 0.25) is 5.02 Å². The maximum absolute atomic E-state index is 9.16. The van der Waals surface area contributed by atoms with E-state index in [1.165, 1.54) is 0 Å². The Labute approximate surface area is 164 Å². The summed E-state index contributed by atoms with van der Waals surface area (Å²) in [5.74, 6) is 1.92. The second-order valence-electron chi connectivity index (χ2n) is 7.65. The zero-order valence-electron chi connectivity index (χ0n) is 16.6. The van der Waals surface area contributed by atoms with Gasteiger partial charge in [0.05, 0.1) is 19.2 Å².